The molecular weight excluding hydrogens is 170 g/mol. The van der Waals surface area contributed by atoms with Gasteiger partial charge < -0.3 is 0 Å². The van der Waals surface area contributed by atoms with Gasteiger partial charge in [0.1, 0.15) is 0 Å². The molecule has 0 aliphatic carbocycles. The van der Waals surface area contributed by atoms with Crippen LogP contribution < -0.4 is 0 Å². The maximum Gasteiger partial charge on any atom is 0.300 e. The molecule has 0 aromatic carbocycles. The molecule has 4 heteroatoms. The molecule has 0 amide bonds. The molecule has 0 unspecified atom stereocenters. The van der Waals surface area contributed by atoms with E-state index in [9.17, 15) is 13.6 Å². The molecule has 0 aliphatic rings. The van der Waals surface area contributed by atoms with Gasteiger partial charge in [-0.25, -0.2) is 8.78 Å². The summed E-state index contributed by atoms with van der Waals surface area (Å²) < 4.78 is 23.7. The van der Waals surface area contributed by atoms with Crippen LogP contribution in [0, 0.1) is 6.92 Å². The first-order valence-electron chi connectivity index (χ1n) is 2.99. The molecule has 1 heterocycles. The average molecular weight is 176 g/mol. The lowest BCUT2D eigenvalue weighted by Gasteiger charge is -1.95. The Labute approximate surface area is 66.7 Å². The summed E-state index contributed by atoms with van der Waals surface area (Å²) in [7, 11) is 0. The SMILES string of the molecule is Cc1sccc1C(=O)C(F)F. The summed E-state index contributed by atoms with van der Waals surface area (Å²) in [5, 5.41) is 1.63. The number of carbonyl (C=O) groups excluding carboxylic acids is 1. The smallest absolute Gasteiger partial charge is 0.288 e. The minimum absolute atomic E-state index is 0.144. The molecule has 0 N–H and O–H groups in total. The van der Waals surface area contributed by atoms with Gasteiger partial charge in [0.2, 0.25) is 5.78 Å². The fraction of sp³-hybridized carbons (Fsp3) is 0.286. The van der Waals surface area contributed by atoms with E-state index >= 15 is 0 Å². The zero-order valence-corrected chi connectivity index (χ0v) is 6.62. The summed E-state index contributed by atoms with van der Waals surface area (Å²) in [4.78, 5) is 11.3. The normalized spacial score (nSPS) is 10.5. The van der Waals surface area contributed by atoms with Gasteiger partial charge in [-0.15, -0.1) is 11.3 Å². The second kappa shape index (κ2) is 3.09. The molecule has 0 saturated carbocycles. The molecule has 1 nitrogen and oxygen atoms in total. The lowest BCUT2D eigenvalue weighted by atomic mass is 10.2. The van der Waals surface area contributed by atoms with Crippen LogP contribution in [0.3, 0.4) is 0 Å². The van der Waals surface area contributed by atoms with E-state index in [1.807, 2.05) is 0 Å². The lowest BCUT2D eigenvalue weighted by molar-refractivity contribution is 0.0678. The molecule has 0 saturated heterocycles. The van der Waals surface area contributed by atoms with Crippen LogP contribution in [-0.2, 0) is 0 Å². The minimum Gasteiger partial charge on any atom is -0.288 e. The van der Waals surface area contributed by atoms with Gasteiger partial charge in [-0.3, -0.25) is 4.79 Å². The highest BCUT2D eigenvalue weighted by Crippen LogP contribution is 2.17. The summed E-state index contributed by atoms with van der Waals surface area (Å²) in [5.74, 6) is -1.08. The molecule has 1 aromatic heterocycles. The summed E-state index contributed by atoms with van der Waals surface area (Å²) in [5.41, 5.74) is 0.144. The predicted octanol–water partition coefficient (Wildman–Crippen LogP) is 2.50. The number of hydrogen-bond donors (Lipinski definition) is 0. The van der Waals surface area contributed by atoms with Crippen LogP contribution >= 0.6 is 11.3 Å². The Morgan fingerprint density at radius 3 is 2.64 bits per heavy atom. The van der Waals surface area contributed by atoms with Crippen molar-refractivity contribution in [2.24, 2.45) is 0 Å². The molecular formula is C7H6F2OS. The van der Waals surface area contributed by atoms with Crippen LogP contribution in [0.1, 0.15) is 15.2 Å². The van der Waals surface area contributed by atoms with Gasteiger partial charge in [-0.1, -0.05) is 0 Å². The number of alkyl halides is 2. The highest BCUT2D eigenvalue weighted by Gasteiger charge is 2.19. The first-order chi connectivity index (χ1) is 5.13. The van der Waals surface area contributed by atoms with Gasteiger partial charge >= 0.3 is 6.43 Å². The molecule has 11 heavy (non-hydrogen) atoms. The molecule has 0 bridgehead atoms. The fourth-order valence-electron chi connectivity index (χ4n) is 0.758. The van der Waals surface area contributed by atoms with Crippen LogP contribution in [-0.4, -0.2) is 12.2 Å². The van der Waals surface area contributed by atoms with E-state index in [4.69, 9.17) is 0 Å². The maximum atomic E-state index is 11.8. The number of rotatable bonds is 2. The van der Waals surface area contributed by atoms with Crippen molar-refractivity contribution in [1.29, 1.82) is 0 Å². The number of aryl methyl sites for hydroxylation is 1. The van der Waals surface area contributed by atoms with Gasteiger partial charge in [0.15, 0.2) is 0 Å². The molecule has 0 atom stereocenters. The molecule has 0 aliphatic heterocycles. The van der Waals surface area contributed by atoms with Crippen LogP contribution in [0.4, 0.5) is 8.78 Å². The van der Waals surface area contributed by atoms with Crippen molar-refractivity contribution in [2.75, 3.05) is 0 Å². The van der Waals surface area contributed by atoms with Crippen molar-refractivity contribution in [1.82, 2.24) is 0 Å². The average Bonchev–Trinajstić information content (AvgIpc) is 2.33. The molecule has 0 fully saturated rings. The van der Waals surface area contributed by atoms with E-state index in [0.717, 1.165) is 0 Å². The highest BCUT2D eigenvalue weighted by atomic mass is 32.1. The van der Waals surface area contributed by atoms with Crippen LogP contribution in [0.2, 0.25) is 0 Å². The van der Waals surface area contributed by atoms with Gasteiger partial charge in [0.25, 0.3) is 0 Å². The third kappa shape index (κ3) is 1.63. The summed E-state index contributed by atoms with van der Waals surface area (Å²) in [6.45, 7) is 1.65. The first-order valence-corrected chi connectivity index (χ1v) is 3.87. The first kappa shape index (κ1) is 8.33. The highest BCUT2D eigenvalue weighted by molar-refractivity contribution is 7.10. The standard InChI is InChI=1S/C7H6F2OS/c1-4-5(2-3-11-4)6(10)7(8)9/h2-3,7H,1H3. The number of hydrogen-bond acceptors (Lipinski definition) is 2. The Kier molecular flexibility index (Phi) is 2.34. The zero-order valence-electron chi connectivity index (χ0n) is 5.80. The van der Waals surface area contributed by atoms with Crippen molar-refractivity contribution in [3.05, 3.63) is 21.9 Å². The van der Waals surface area contributed by atoms with Gasteiger partial charge in [0.05, 0.1) is 0 Å². The maximum absolute atomic E-state index is 11.8. The van der Waals surface area contributed by atoms with Crippen molar-refractivity contribution in [3.8, 4) is 0 Å². The van der Waals surface area contributed by atoms with Crippen molar-refractivity contribution < 1.29 is 13.6 Å². The topological polar surface area (TPSA) is 17.1 Å². The van der Waals surface area contributed by atoms with E-state index in [0.29, 0.717) is 4.88 Å². The zero-order chi connectivity index (χ0) is 8.43. The summed E-state index contributed by atoms with van der Waals surface area (Å²) in [6.07, 6.45) is -2.89. The van der Waals surface area contributed by atoms with E-state index in [-0.39, 0.29) is 5.56 Å². The predicted molar refractivity (Wildman–Crippen MR) is 39.4 cm³/mol. The number of thiophene rings is 1. The number of halogens is 2. The minimum atomic E-state index is -2.89. The molecule has 0 radical (unpaired) electrons. The second-order valence-electron chi connectivity index (χ2n) is 2.06. The van der Waals surface area contributed by atoms with Gasteiger partial charge in [-0.05, 0) is 18.4 Å². The van der Waals surface area contributed by atoms with Gasteiger partial charge in [0, 0.05) is 10.4 Å². The van der Waals surface area contributed by atoms with E-state index in [1.165, 1.54) is 17.4 Å². The molecule has 1 aromatic rings. The lowest BCUT2D eigenvalue weighted by Crippen LogP contribution is -2.09. The third-order valence-corrected chi connectivity index (χ3v) is 2.17. The van der Waals surface area contributed by atoms with Crippen molar-refractivity contribution in [2.45, 2.75) is 13.3 Å². The molecule has 1 rings (SSSR count). The summed E-state index contributed by atoms with van der Waals surface area (Å²) >= 11 is 1.30. The van der Waals surface area contributed by atoms with Gasteiger partial charge in [-0.2, -0.15) is 0 Å². The Morgan fingerprint density at radius 2 is 2.27 bits per heavy atom. The van der Waals surface area contributed by atoms with Crippen molar-refractivity contribution in [3.63, 3.8) is 0 Å². The largest absolute Gasteiger partial charge is 0.300 e. The van der Waals surface area contributed by atoms with Crippen molar-refractivity contribution >= 4 is 17.1 Å². The number of Topliss-reactive ketones (excluding diaryl/α,β-unsaturated/α-hetero) is 1. The third-order valence-electron chi connectivity index (χ3n) is 1.32. The molecule has 0 spiro atoms. The number of carbonyl (C=O) groups is 1. The monoisotopic (exact) mass is 176 g/mol. The number of ketones is 1. The quantitative estimate of drug-likeness (QED) is 0.633. The van der Waals surface area contributed by atoms with E-state index in [1.54, 1.807) is 12.3 Å². The Morgan fingerprint density at radius 1 is 1.64 bits per heavy atom. The fourth-order valence-corrected chi connectivity index (χ4v) is 1.46. The Bertz CT molecular complexity index is 267. The Balaban J connectivity index is 2.93. The summed E-state index contributed by atoms with van der Waals surface area (Å²) in [6, 6.07) is 1.43. The van der Waals surface area contributed by atoms with E-state index < -0.39 is 12.2 Å². The van der Waals surface area contributed by atoms with Crippen LogP contribution in [0.25, 0.3) is 0 Å². The Hall–Kier alpha value is -0.770. The van der Waals surface area contributed by atoms with E-state index in [2.05, 4.69) is 0 Å². The molecule has 60 valence electrons. The van der Waals surface area contributed by atoms with Crippen LogP contribution in [0.5, 0.6) is 0 Å². The second-order valence-corrected chi connectivity index (χ2v) is 3.18. The van der Waals surface area contributed by atoms with Crippen LogP contribution in [0.15, 0.2) is 11.4 Å².